The molecule has 0 aromatic heterocycles. The number of hydrogen-bond donors (Lipinski definition) is 2. The number of carbonyl (C=O) groups excluding carboxylic acids is 1. The zero-order chi connectivity index (χ0) is 20.3. The summed E-state index contributed by atoms with van der Waals surface area (Å²) in [6, 6.07) is 0. The molecule has 0 aliphatic heterocycles. The van der Waals surface area contributed by atoms with E-state index in [0.717, 1.165) is 44.9 Å². The molecule has 2 N–H and O–H groups in total. The van der Waals surface area contributed by atoms with E-state index >= 15 is 0 Å². The fourth-order valence-electron chi connectivity index (χ4n) is 8.44. The van der Waals surface area contributed by atoms with Gasteiger partial charge in [-0.2, -0.15) is 0 Å². The maximum Gasteiger partial charge on any atom is 0.303 e. The first kappa shape index (κ1) is 20.4. The topological polar surface area (TPSA) is 74.6 Å². The number of Topliss-reactive ketones (excluding diaryl/α,β-unsaturated/α-hetero) is 1. The van der Waals surface area contributed by atoms with E-state index in [9.17, 15) is 14.7 Å². The highest BCUT2D eigenvalue weighted by molar-refractivity contribution is 5.83. The molecular weight excluding hydrogens is 352 g/mol. The Morgan fingerprint density at radius 2 is 1.79 bits per heavy atom. The summed E-state index contributed by atoms with van der Waals surface area (Å²) in [6.07, 6.45) is 8.81. The van der Waals surface area contributed by atoms with Gasteiger partial charge < -0.3 is 10.2 Å². The summed E-state index contributed by atoms with van der Waals surface area (Å²) in [5, 5.41) is 19.3. The maximum absolute atomic E-state index is 13.3. The first-order valence-electron chi connectivity index (χ1n) is 11.6. The van der Waals surface area contributed by atoms with Crippen LogP contribution in [0, 0.1) is 46.3 Å². The Hall–Kier alpha value is -0.900. The van der Waals surface area contributed by atoms with Crippen molar-refractivity contribution in [1.29, 1.82) is 0 Å². The third kappa shape index (κ3) is 3.05. The fraction of sp³-hybridized carbons (Fsp3) is 0.917. The first-order valence-corrected chi connectivity index (χ1v) is 11.6. The maximum atomic E-state index is 13.3. The van der Waals surface area contributed by atoms with Crippen LogP contribution in [0.3, 0.4) is 0 Å². The van der Waals surface area contributed by atoms with Gasteiger partial charge in [0.15, 0.2) is 0 Å². The van der Waals surface area contributed by atoms with Crippen molar-refractivity contribution in [3.05, 3.63) is 0 Å². The molecule has 0 amide bonds. The van der Waals surface area contributed by atoms with E-state index in [0.29, 0.717) is 41.8 Å². The van der Waals surface area contributed by atoms with Gasteiger partial charge in [0.1, 0.15) is 5.78 Å². The number of aliphatic hydroxyl groups excluding tert-OH is 1. The number of aliphatic carboxylic acids is 1. The van der Waals surface area contributed by atoms with E-state index in [2.05, 4.69) is 20.8 Å². The van der Waals surface area contributed by atoms with Gasteiger partial charge in [0.2, 0.25) is 0 Å². The van der Waals surface area contributed by atoms with Gasteiger partial charge in [0.25, 0.3) is 0 Å². The van der Waals surface area contributed by atoms with E-state index in [1.54, 1.807) is 0 Å². The van der Waals surface area contributed by atoms with Crippen LogP contribution in [0.1, 0.15) is 85.0 Å². The molecule has 0 radical (unpaired) electrons. The Morgan fingerprint density at radius 3 is 2.50 bits per heavy atom. The summed E-state index contributed by atoms with van der Waals surface area (Å²) in [5.74, 6) is 2.25. The van der Waals surface area contributed by atoms with Crippen LogP contribution in [0.25, 0.3) is 0 Å². The van der Waals surface area contributed by atoms with Gasteiger partial charge >= 0.3 is 5.97 Å². The number of carboxylic acid groups (broad SMARTS) is 1. The van der Waals surface area contributed by atoms with E-state index in [1.165, 1.54) is 6.42 Å². The predicted molar refractivity (Wildman–Crippen MR) is 108 cm³/mol. The average molecular weight is 391 g/mol. The largest absolute Gasteiger partial charge is 0.481 e. The smallest absolute Gasteiger partial charge is 0.303 e. The normalized spacial score (nSPS) is 49.1. The molecule has 28 heavy (non-hydrogen) atoms. The molecule has 158 valence electrons. The molecule has 4 rings (SSSR count). The van der Waals surface area contributed by atoms with Crippen LogP contribution < -0.4 is 0 Å². The quantitative estimate of drug-likeness (QED) is 0.730. The number of hydrogen-bond acceptors (Lipinski definition) is 3. The van der Waals surface area contributed by atoms with Gasteiger partial charge in [0.05, 0.1) is 6.10 Å². The molecule has 5 unspecified atom stereocenters. The van der Waals surface area contributed by atoms with Crippen molar-refractivity contribution in [3.8, 4) is 0 Å². The molecule has 0 saturated heterocycles. The molecule has 0 spiro atoms. The minimum Gasteiger partial charge on any atom is -0.481 e. The van der Waals surface area contributed by atoms with E-state index in [1.807, 2.05) is 0 Å². The lowest BCUT2D eigenvalue weighted by Crippen LogP contribution is -2.57. The van der Waals surface area contributed by atoms with Crippen molar-refractivity contribution in [2.24, 2.45) is 46.3 Å². The summed E-state index contributed by atoms with van der Waals surface area (Å²) in [6.45, 7) is 7.06. The standard InChI is InChI=1S/C24H38O4/c1-14(4-7-21(27)28)17-5-6-18-22-19(9-11-24(17,18)3)23(2)10-8-16(25)12-15(23)13-20(22)26/h14-19,22,25H,4-13H2,1-3H3,(H,27,28)/t14?,15-,16?,17+,18-,19?,22+,23?,24?/m0/s1. The molecule has 4 nitrogen and oxygen atoms in total. The Labute approximate surface area is 169 Å². The average Bonchev–Trinajstić information content (AvgIpc) is 2.98. The highest BCUT2D eigenvalue weighted by atomic mass is 16.4. The number of rotatable bonds is 4. The summed E-state index contributed by atoms with van der Waals surface area (Å²) in [4.78, 5) is 24.4. The van der Waals surface area contributed by atoms with Gasteiger partial charge in [-0.05, 0) is 91.8 Å². The van der Waals surface area contributed by atoms with Crippen LogP contribution >= 0.6 is 0 Å². The number of carboxylic acids is 1. The third-order valence-corrected chi connectivity index (χ3v) is 10.0. The summed E-state index contributed by atoms with van der Waals surface area (Å²) >= 11 is 0. The Morgan fingerprint density at radius 1 is 1.11 bits per heavy atom. The highest BCUT2D eigenvalue weighted by Crippen LogP contribution is 2.67. The first-order chi connectivity index (χ1) is 13.2. The lowest BCUT2D eigenvalue weighted by molar-refractivity contribution is -0.160. The molecule has 4 aliphatic carbocycles. The van der Waals surface area contributed by atoms with Crippen LogP contribution in [0.5, 0.6) is 0 Å². The molecule has 0 heterocycles. The highest BCUT2D eigenvalue weighted by Gasteiger charge is 2.62. The number of ketones is 1. The second kappa shape index (κ2) is 7.11. The van der Waals surface area contributed by atoms with Crippen LogP contribution in [0.15, 0.2) is 0 Å². The lowest BCUT2D eigenvalue weighted by atomic mass is 9.44. The van der Waals surface area contributed by atoms with Crippen LogP contribution in [0.4, 0.5) is 0 Å². The molecular formula is C24H38O4. The van der Waals surface area contributed by atoms with Crippen molar-refractivity contribution < 1.29 is 19.8 Å². The van der Waals surface area contributed by atoms with Crippen molar-refractivity contribution in [1.82, 2.24) is 0 Å². The van der Waals surface area contributed by atoms with Crippen LogP contribution in [-0.2, 0) is 9.59 Å². The number of aliphatic hydroxyl groups is 1. The SMILES string of the molecule is CC(CCC(=O)O)[C@H]1CC[C@H]2[C@H]3C(=O)C[C@@H]4CC(O)CCC4(C)C3CCC12C. The predicted octanol–water partition coefficient (Wildman–Crippen LogP) is 4.69. The molecule has 0 aromatic carbocycles. The van der Waals surface area contributed by atoms with E-state index in [4.69, 9.17) is 5.11 Å². The summed E-state index contributed by atoms with van der Waals surface area (Å²) in [5.41, 5.74) is 0.401. The monoisotopic (exact) mass is 390 g/mol. The van der Waals surface area contributed by atoms with Crippen molar-refractivity contribution >= 4 is 11.8 Å². The van der Waals surface area contributed by atoms with E-state index < -0.39 is 5.97 Å². The Balaban J connectivity index is 1.56. The molecule has 0 bridgehead atoms. The molecule has 4 aliphatic rings. The van der Waals surface area contributed by atoms with Gasteiger partial charge in [-0.1, -0.05) is 20.8 Å². The fourth-order valence-corrected chi connectivity index (χ4v) is 8.44. The Bertz CT molecular complexity index is 645. The van der Waals surface area contributed by atoms with Gasteiger partial charge in [0, 0.05) is 18.8 Å². The molecule has 4 heteroatoms. The zero-order valence-corrected chi connectivity index (χ0v) is 17.8. The van der Waals surface area contributed by atoms with Crippen molar-refractivity contribution in [2.75, 3.05) is 0 Å². The van der Waals surface area contributed by atoms with Gasteiger partial charge in [-0.15, -0.1) is 0 Å². The molecule has 0 aromatic rings. The van der Waals surface area contributed by atoms with Crippen molar-refractivity contribution in [3.63, 3.8) is 0 Å². The molecule has 4 saturated carbocycles. The summed E-state index contributed by atoms with van der Waals surface area (Å²) < 4.78 is 0. The molecule has 4 fully saturated rings. The third-order valence-electron chi connectivity index (χ3n) is 10.0. The lowest BCUT2D eigenvalue weighted by Gasteiger charge is -2.60. The number of fused-ring (bicyclic) bond motifs is 5. The minimum absolute atomic E-state index is 0.187. The summed E-state index contributed by atoms with van der Waals surface area (Å²) in [7, 11) is 0. The zero-order valence-electron chi connectivity index (χ0n) is 17.8. The van der Waals surface area contributed by atoms with Gasteiger partial charge in [-0.25, -0.2) is 0 Å². The van der Waals surface area contributed by atoms with Gasteiger partial charge in [-0.3, -0.25) is 9.59 Å². The minimum atomic E-state index is -0.698. The number of carbonyl (C=O) groups is 2. The Kier molecular flexibility index (Phi) is 5.17. The molecule has 9 atom stereocenters. The second-order valence-corrected chi connectivity index (χ2v) is 11.2. The van der Waals surface area contributed by atoms with Crippen LogP contribution in [0.2, 0.25) is 0 Å². The van der Waals surface area contributed by atoms with Crippen LogP contribution in [-0.4, -0.2) is 28.1 Å². The van der Waals surface area contributed by atoms with E-state index in [-0.39, 0.29) is 29.3 Å². The van der Waals surface area contributed by atoms with Crippen molar-refractivity contribution in [2.45, 2.75) is 91.1 Å². The second-order valence-electron chi connectivity index (χ2n) is 11.2.